The monoisotopic (exact) mass is 438 g/mol. The number of nitrogens with zero attached hydrogens (tertiary/aromatic N) is 2. The molecule has 5 nitrogen and oxygen atoms in total. The second-order valence-electron chi connectivity index (χ2n) is 6.40. The van der Waals surface area contributed by atoms with Crippen LogP contribution in [-0.4, -0.2) is 16.0 Å². The lowest BCUT2D eigenvalue weighted by atomic mass is 10.1. The van der Waals surface area contributed by atoms with Crippen LogP contribution in [0.15, 0.2) is 67.0 Å². The molecule has 4 aromatic rings. The highest BCUT2D eigenvalue weighted by Crippen LogP contribution is 2.39. The Morgan fingerprint density at radius 3 is 2.50 bits per heavy atom. The van der Waals surface area contributed by atoms with E-state index in [0.717, 1.165) is 10.6 Å². The number of pyridine rings is 1. The minimum atomic E-state index is -0.553. The number of carbonyl (C=O) groups excluding carboxylic acids is 1. The molecule has 0 spiro atoms. The van der Waals surface area contributed by atoms with Crippen molar-refractivity contribution in [2.24, 2.45) is 0 Å². The molecule has 0 saturated carbocycles. The predicted octanol–water partition coefficient (Wildman–Crippen LogP) is 6.62. The van der Waals surface area contributed by atoms with E-state index in [2.05, 4.69) is 20.6 Å². The van der Waals surface area contributed by atoms with Crippen LogP contribution in [0.1, 0.15) is 5.01 Å². The number of benzene rings is 2. The third-order valence-electron chi connectivity index (χ3n) is 4.28. The number of aryl methyl sites for hydroxylation is 1. The SMILES string of the molecule is Cc1nc(-c2ccncc2)c(-c2cccc(NC(=O)Nc3ccc(Cl)cc3)c2F)s1. The van der Waals surface area contributed by atoms with Crippen LogP contribution in [0.2, 0.25) is 5.02 Å². The number of carbonyl (C=O) groups is 1. The number of aromatic nitrogens is 2. The van der Waals surface area contributed by atoms with E-state index in [1.807, 2.05) is 19.1 Å². The molecule has 2 amide bonds. The van der Waals surface area contributed by atoms with Crippen LogP contribution >= 0.6 is 22.9 Å². The van der Waals surface area contributed by atoms with E-state index in [0.29, 0.717) is 26.8 Å². The lowest BCUT2D eigenvalue weighted by molar-refractivity contribution is 0.262. The van der Waals surface area contributed by atoms with Gasteiger partial charge in [0.05, 0.1) is 21.3 Å². The summed E-state index contributed by atoms with van der Waals surface area (Å²) in [7, 11) is 0. The van der Waals surface area contributed by atoms with Crippen LogP contribution < -0.4 is 10.6 Å². The van der Waals surface area contributed by atoms with E-state index >= 15 is 4.39 Å². The van der Waals surface area contributed by atoms with Crippen molar-refractivity contribution < 1.29 is 9.18 Å². The molecule has 0 unspecified atom stereocenters. The highest BCUT2D eigenvalue weighted by molar-refractivity contribution is 7.15. The van der Waals surface area contributed by atoms with Gasteiger partial charge in [0, 0.05) is 34.2 Å². The lowest BCUT2D eigenvalue weighted by Crippen LogP contribution is -2.20. The van der Waals surface area contributed by atoms with Crippen molar-refractivity contribution in [1.29, 1.82) is 0 Å². The average molecular weight is 439 g/mol. The van der Waals surface area contributed by atoms with E-state index in [9.17, 15) is 4.79 Å². The van der Waals surface area contributed by atoms with Gasteiger partial charge in [0.1, 0.15) is 0 Å². The maximum absolute atomic E-state index is 15.3. The van der Waals surface area contributed by atoms with Gasteiger partial charge in [-0.25, -0.2) is 14.2 Å². The third-order valence-corrected chi connectivity index (χ3v) is 5.54. The number of nitrogens with one attached hydrogen (secondary N) is 2. The minimum absolute atomic E-state index is 0.0747. The quantitative estimate of drug-likeness (QED) is 0.376. The van der Waals surface area contributed by atoms with E-state index in [4.69, 9.17) is 11.6 Å². The largest absolute Gasteiger partial charge is 0.323 e. The Morgan fingerprint density at radius 2 is 1.77 bits per heavy atom. The molecule has 0 bridgehead atoms. The number of anilines is 2. The summed E-state index contributed by atoms with van der Waals surface area (Å²) in [5.74, 6) is -0.525. The summed E-state index contributed by atoms with van der Waals surface area (Å²) in [4.78, 5) is 21.6. The number of amides is 2. The summed E-state index contributed by atoms with van der Waals surface area (Å²) in [6.07, 6.45) is 3.34. The molecule has 0 saturated heterocycles. The van der Waals surface area contributed by atoms with Crippen molar-refractivity contribution in [3.8, 4) is 21.7 Å². The molecule has 0 aliphatic heterocycles. The molecule has 2 aromatic heterocycles. The summed E-state index contributed by atoms with van der Waals surface area (Å²) in [6.45, 7) is 1.87. The van der Waals surface area contributed by atoms with Crippen molar-refractivity contribution in [2.45, 2.75) is 6.92 Å². The lowest BCUT2D eigenvalue weighted by Gasteiger charge is -2.11. The number of halogens is 2. The summed E-state index contributed by atoms with van der Waals surface area (Å²) in [5, 5.41) is 6.59. The zero-order chi connectivity index (χ0) is 21.1. The molecule has 4 rings (SSSR count). The smallest absolute Gasteiger partial charge is 0.308 e. The van der Waals surface area contributed by atoms with Gasteiger partial charge in [0.15, 0.2) is 5.82 Å². The highest BCUT2D eigenvalue weighted by Gasteiger charge is 2.19. The molecular weight excluding hydrogens is 423 g/mol. The molecule has 150 valence electrons. The number of hydrogen-bond donors (Lipinski definition) is 2. The van der Waals surface area contributed by atoms with Gasteiger partial charge in [0.2, 0.25) is 0 Å². The predicted molar refractivity (Wildman–Crippen MR) is 120 cm³/mol. The van der Waals surface area contributed by atoms with Gasteiger partial charge in [-0.3, -0.25) is 4.98 Å². The highest BCUT2D eigenvalue weighted by atomic mass is 35.5. The number of thiazole rings is 1. The zero-order valence-electron chi connectivity index (χ0n) is 15.8. The van der Waals surface area contributed by atoms with E-state index in [1.165, 1.54) is 17.4 Å². The summed E-state index contributed by atoms with van der Waals surface area (Å²) < 4.78 is 15.3. The van der Waals surface area contributed by atoms with Crippen LogP contribution in [0.25, 0.3) is 21.7 Å². The third kappa shape index (κ3) is 4.32. The van der Waals surface area contributed by atoms with Gasteiger partial charge in [-0.2, -0.15) is 0 Å². The van der Waals surface area contributed by atoms with Gasteiger partial charge in [-0.1, -0.05) is 23.7 Å². The van der Waals surface area contributed by atoms with Crippen LogP contribution in [0.5, 0.6) is 0 Å². The van der Waals surface area contributed by atoms with Gasteiger partial charge in [0.25, 0.3) is 0 Å². The molecule has 2 N–H and O–H groups in total. The molecular formula is C22H16ClFN4OS. The molecule has 30 heavy (non-hydrogen) atoms. The first kappa shape index (κ1) is 20.0. The molecule has 0 atom stereocenters. The Kier molecular flexibility index (Phi) is 5.74. The van der Waals surface area contributed by atoms with Crippen LogP contribution in [0.3, 0.4) is 0 Å². The second-order valence-corrected chi connectivity index (χ2v) is 8.04. The van der Waals surface area contributed by atoms with Crippen LogP contribution in [-0.2, 0) is 0 Å². The zero-order valence-corrected chi connectivity index (χ0v) is 17.4. The minimum Gasteiger partial charge on any atom is -0.308 e. The van der Waals surface area contributed by atoms with E-state index < -0.39 is 11.8 Å². The fourth-order valence-electron chi connectivity index (χ4n) is 2.94. The maximum atomic E-state index is 15.3. The normalized spacial score (nSPS) is 10.6. The Labute approximate surface area is 181 Å². The Bertz CT molecular complexity index is 1200. The van der Waals surface area contributed by atoms with Crippen molar-refractivity contribution in [2.75, 3.05) is 10.6 Å². The molecule has 2 aromatic carbocycles. The Balaban J connectivity index is 1.63. The van der Waals surface area contributed by atoms with E-state index in [-0.39, 0.29) is 5.69 Å². The van der Waals surface area contributed by atoms with Gasteiger partial charge in [-0.15, -0.1) is 11.3 Å². The van der Waals surface area contributed by atoms with Crippen molar-refractivity contribution in [3.05, 3.63) is 82.8 Å². The average Bonchev–Trinajstić information content (AvgIpc) is 3.13. The van der Waals surface area contributed by atoms with Gasteiger partial charge in [-0.05, 0) is 49.4 Å². The Hall–Kier alpha value is -3.29. The van der Waals surface area contributed by atoms with Crippen molar-refractivity contribution in [1.82, 2.24) is 9.97 Å². The molecule has 0 aliphatic rings. The van der Waals surface area contributed by atoms with Crippen molar-refractivity contribution in [3.63, 3.8) is 0 Å². The fraction of sp³-hybridized carbons (Fsp3) is 0.0455. The number of hydrogen-bond acceptors (Lipinski definition) is 4. The first-order valence-corrected chi connectivity index (χ1v) is 10.2. The molecule has 2 heterocycles. The van der Waals surface area contributed by atoms with Crippen molar-refractivity contribution >= 4 is 40.3 Å². The summed E-state index contributed by atoms with van der Waals surface area (Å²) in [5.41, 5.74) is 2.53. The standard InChI is InChI=1S/C22H16ClFN4OS/c1-13-26-20(14-9-11-25-12-10-14)21(30-13)17-3-2-4-18(19(17)24)28-22(29)27-16-7-5-15(23)6-8-16/h2-12H,1H3,(H2,27,28,29). The van der Waals surface area contributed by atoms with Gasteiger partial charge >= 0.3 is 6.03 Å². The van der Waals surface area contributed by atoms with E-state index in [1.54, 1.807) is 48.8 Å². The molecule has 0 fully saturated rings. The van der Waals surface area contributed by atoms with Gasteiger partial charge < -0.3 is 10.6 Å². The molecule has 8 heteroatoms. The Morgan fingerprint density at radius 1 is 1.03 bits per heavy atom. The first-order valence-electron chi connectivity index (χ1n) is 9.01. The fourth-order valence-corrected chi connectivity index (χ4v) is 4.02. The summed E-state index contributed by atoms with van der Waals surface area (Å²) >= 11 is 7.24. The molecule has 0 aliphatic carbocycles. The topological polar surface area (TPSA) is 66.9 Å². The second kappa shape index (κ2) is 8.61. The van der Waals surface area contributed by atoms with Crippen LogP contribution in [0.4, 0.5) is 20.6 Å². The number of rotatable bonds is 4. The first-order chi connectivity index (χ1) is 14.5. The maximum Gasteiger partial charge on any atom is 0.323 e. The molecule has 0 radical (unpaired) electrons. The summed E-state index contributed by atoms with van der Waals surface area (Å²) in [6, 6.07) is 14.6. The number of urea groups is 1. The van der Waals surface area contributed by atoms with Crippen LogP contribution in [0, 0.1) is 12.7 Å².